The lowest BCUT2D eigenvalue weighted by atomic mass is 10.1. The van der Waals surface area contributed by atoms with Gasteiger partial charge in [0.25, 0.3) is 0 Å². The molecule has 1 aromatic heterocycles. The molecule has 9 heteroatoms. The molecule has 0 radical (unpaired) electrons. The van der Waals surface area contributed by atoms with Crippen molar-refractivity contribution in [2.24, 2.45) is 0 Å². The van der Waals surface area contributed by atoms with Gasteiger partial charge in [-0.2, -0.15) is 5.10 Å². The van der Waals surface area contributed by atoms with E-state index in [4.69, 9.17) is 14.2 Å². The van der Waals surface area contributed by atoms with Crippen molar-refractivity contribution in [2.45, 2.75) is 52.0 Å². The fraction of sp³-hybridized carbons (Fsp3) is 0.412. The lowest BCUT2D eigenvalue weighted by Gasteiger charge is -2.37. The summed E-state index contributed by atoms with van der Waals surface area (Å²) in [5.74, 6) is 0.831. The van der Waals surface area contributed by atoms with Gasteiger partial charge in [0, 0.05) is 43.1 Å². The van der Waals surface area contributed by atoms with Crippen molar-refractivity contribution in [3.63, 3.8) is 0 Å². The zero-order chi connectivity index (χ0) is 29.8. The number of aromatic nitrogens is 3. The SMILES string of the molecule is CCc1ccccc1[C@@H]1OC[C@@H](COc2ccc(N3CCN(c4ccc(-n5cnn(C(C)CC)c5=O)cc4)CC3)cc2)O1. The van der Waals surface area contributed by atoms with Crippen molar-refractivity contribution in [3.05, 3.63) is 101 Å². The van der Waals surface area contributed by atoms with Gasteiger partial charge in [0.1, 0.15) is 24.8 Å². The Morgan fingerprint density at radius 3 is 2.16 bits per heavy atom. The van der Waals surface area contributed by atoms with Crippen LogP contribution in [0.1, 0.15) is 50.7 Å². The van der Waals surface area contributed by atoms with Crippen molar-refractivity contribution in [3.8, 4) is 11.4 Å². The van der Waals surface area contributed by atoms with Crippen molar-refractivity contribution in [1.29, 1.82) is 0 Å². The maximum atomic E-state index is 12.8. The highest BCUT2D eigenvalue weighted by Crippen LogP contribution is 2.30. The van der Waals surface area contributed by atoms with Gasteiger partial charge in [-0.15, -0.1) is 0 Å². The molecule has 1 unspecified atom stereocenters. The first-order valence-electron chi connectivity index (χ1n) is 15.4. The quantitative estimate of drug-likeness (QED) is 0.248. The fourth-order valence-corrected chi connectivity index (χ4v) is 5.74. The van der Waals surface area contributed by atoms with Gasteiger partial charge in [0.05, 0.1) is 18.3 Å². The number of aryl methyl sites for hydroxylation is 1. The van der Waals surface area contributed by atoms with E-state index in [0.717, 1.165) is 61.7 Å². The summed E-state index contributed by atoms with van der Waals surface area (Å²) in [7, 11) is 0. The largest absolute Gasteiger partial charge is 0.491 e. The van der Waals surface area contributed by atoms with Crippen molar-refractivity contribution in [1.82, 2.24) is 14.3 Å². The number of nitrogens with zero attached hydrogens (tertiary/aromatic N) is 5. The standard InChI is InChI=1S/C34H41N5O4/c1-4-25(3)39-34(40)38(24-35-39)29-12-10-27(11-13-29)36-18-20-37(21-19-36)28-14-16-30(17-15-28)41-22-31-23-42-33(43-31)32-9-7-6-8-26(32)5-2/h6-17,24-25,31,33H,4-5,18-23H2,1-3H3/t25?,31-,33-/m1/s1. The zero-order valence-corrected chi connectivity index (χ0v) is 25.3. The minimum absolute atomic E-state index is 0.0807. The summed E-state index contributed by atoms with van der Waals surface area (Å²) in [6.45, 7) is 10.9. The van der Waals surface area contributed by atoms with Crippen LogP contribution < -0.4 is 20.2 Å². The van der Waals surface area contributed by atoms with Gasteiger partial charge < -0.3 is 24.0 Å². The maximum absolute atomic E-state index is 12.8. The molecule has 2 aliphatic heterocycles. The molecule has 226 valence electrons. The van der Waals surface area contributed by atoms with E-state index in [-0.39, 0.29) is 24.1 Å². The smallest absolute Gasteiger partial charge is 0.350 e. The van der Waals surface area contributed by atoms with E-state index in [1.165, 1.54) is 11.3 Å². The highest BCUT2D eigenvalue weighted by atomic mass is 16.7. The number of piperazine rings is 1. The predicted molar refractivity (Wildman–Crippen MR) is 169 cm³/mol. The zero-order valence-electron chi connectivity index (χ0n) is 25.3. The number of rotatable bonds is 10. The summed E-state index contributed by atoms with van der Waals surface area (Å²) in [6.07, 6.45) is 3.00. The van der Waals surface area contributed by atoms with Gasteiger partial charge in [-0.05, 0) is 73.9 Å². The molecule has 3 atom stereocenters. The first-order valence-corrected chi connectivity index (χ1v) is 15.4. The van der Waals surface area contributed by atoms with Crippen LogP contribution in [0.4, 0.5) is 11.4 Å². The Labute approximate surface area is 253 Å². The summed E-state index contributed by atoms with van der Waals surface area (Å²) in [5.41, 5.74) is 5.44. The van der Waals surface area contributed by atoms with Crippen LogP contribution in [0.15, 0.2) is 83.9 Å². The molecule has 0 spiro atoms. The number of anilines is 2. The highest BCUT2D eigenvalue weighted by molar-refractivity contribution is 5.54. The van der Waals surface area contributed by atoms with E-state index in [9.17, 15) is 4.79 Å². The normalized spacial score (nSPS) is 19.5. The van der Waals surface area contributed by atoms with E-state index in [1.807, 2.05) is 37.3 Å². The number of benzene rings is 3. The van der Waals surface area contributed by atoms with Crippen LogP contribution in [-0.4, -0.2) is 59.8 Å². The van der Waals surface area contributed by atoms with Crippen molar-refractivity contribution < 1.29 is 14.2 Å². The lowest BCUT2D eigenvalue weighted by Crippen LogP contribution is -2.46. The predicted octanol–water partition coefficient (Wildman–Crippen LogP) is 5.39. The van der Waals surface area contributed by atoms with Crippen LogP contribution in [0.5, 0.6) is 5.75 Å². The molecule has 4 aromatic rings. The maximum Gasteiger partial charge on any atom is 0.350 e. The van der Waals surface area contributed by atoms with Gasteiger partial charge in [0.15, 0.2) is 6.29 Å². The third-order valence-electron chi connectivity index (χ3n) is 8.55. The molecule has 0 amide bonds. The van der Waals surface area contributed by atoms with Crippen molar-refractivity contribution >= 4 is 11.4 Å². The lowest BCUT2D eigenvalue weighted by molar-refractivity contribution is -0.0664. The third-order valence-corrected chi connectivity index (χ3v) is 8.55. The Morgan fingerprint density at radius 1 is 0.884 bits per heavy atom. The molecule has 2 aliphatic rings. The average Bonchev–Trinajstić information content (AvgIpc) is 3.70. The second kappa shape index (κ2) is 13.1. The van der Waals surface area contributed by atoms with E-state index < -0.39 is 0 Å². The van der Waals surface area contributed by atoms with Gasteiger partial charge in [-0.25, -0.2) is 14.0 Å². The molecule has 6 rings (SSSR count). The fourth-order valence-electron chi connectivity index (χ4n) is 5.74. The second-order valence-corrected chi connectivity index (χ2v) is 11.3. The first-order chi connectivity index (χ1) is 21.0. The van der Waals surface area contributed by atoms with E-state index in [0.29, 0.717) is 13.2 Å². The molecule has 43 heavy (non-hydrogen) atoms. The van der Waals surface area contributed by atoms with Gasteiger partial charge in [0.2, 0.25) is 0 Å². The van der Waals surface area contributed by atoms with Crippen LogP contribution in [-0.2, 0) is 15.9 Å². The van der Waals surface area contributed by atoms with E-state index in [1.54, 1.807) is 15.6 Å². The summed E-state index contributed by atoms with van der Waals surface area (Å²) in [4.78, 5) is 17.5. The molecule has 0 N–H and O–H groups in total. The molecule has 2 fully saturated rings. The molecular formula is C34H41N5O4. The molecule has 2 saturated heterocycles. The first kappa shape index (κ1) is 29.0. The second-order valence-electron chi connectivity index (χ2n) is 11.3. The van der Waals surface area contributed by atoms with Crippen molar-refractivity contribution in [2.75, 3.05) is 49.2 Å². The molecular weight excluding hydrogens is 542 g/mol. The minimum atomic E-state index is -0.326. The molecule has 0 saturated carbocycles. The molecule has 3 heterocycles. The number of ether oxygens (including phenoxy) is 3. The van der Waals surface area contributed by atoms with Crippen LogP contribution in [0, 0.1) is 0 Å². The summed E-state index contributed by atoms with van der Waals surface area (Å²) in [5, 5.41) is 4.30. The highest BCUT2D eigenvalue weighted by Gasteiger charge is 2.29. The Bertz CT molecular complexity index is 1540. The monoisotopic (exact) mass is 583 g/mol. The van der Waals surface area contributed by atoms with Crippen LogP contribution >= 0.6 is 0 Å². The van der Waals surface area contributed by atoms with Gasteiger partial charge in [-0.1, -0.05) is 38.1 Å². The molecule has 0 bridgehead atoms. The minimum Gasteiger partial charge on any atom is -0.491 e. The molecule has 3 aromatic carbocycles. The molecule has 0 aliphatic carbocycles. The summed E-state index contributed by atoms with van der Waals surface area (Å²) >= 11 is 0. The van der Waals surface area contributed by atoms with Gasteiger partial charge in [-0.3, -0.25) is 0 Å². The van der Waals surface area contributed by atoms with Crippen LogP contribution in [0.25, 0.3) is 5.69 Å². The molecule has 9 nitrogen and oxygen atoms in total. The van der Waals surface area contributed by atoms with Crippen LogP contribution in [0.3, 0.4) is 0 Å². The Morgan fingerprint density at radius 2 is 1.51 bits per heavy atom. The van der Waals surface area contributed by atoms with E-state index >= 15 is 0 Å². The Hall–Kier alpha value is -4.08. The summed E-state index contributed by atoms with van der Waals surface area (Å²) < 4.78 is 21.3. The van der Waals surface area contributed by atoms with E-state index in [2.05, 4.69) is 71.2 Å². The Kier molecular flexibility index (Phi) is 8.81. The number of hydrogen-bond acceptors (Lipinski definition) is 7. The van der Waals surface area contributed by atoms with Crippen LogP contribution in [0.2, 0.25) is 0 Å². The number of hydrogen-bond donors (Lipinski definition) is 0. The summed E-state index contributed by atoms with van der Waals surface area (Å²) in [6, 6.07) is 24.9. The topological polar surface area (TPSA) is 74.0 Å². The third kappa shape index (κ3) is 6.33. The average molecular weight is 584 g/mol. The van der Waals surface area contributed by atoms with Gasteiger partial charge >= 0.3 is 5.69 Å². The Balaban J connectivity index is 0.982.